The summed E-state index contributed by atoms with van der Waals surface area (Å²) in [5.41, 5.74) is 1.40. The molecule has 0 spiro atoms. The van der Waals surface area contributed by atoms with Gasteiger partial charge in [0.2, 0.25) is 0 Å². The molecule has 0 radical (unpaired) electrons. The zero-order valence-corrected chi connectivity index (χ0v) is 15.2. The van der Waals surface area contributed by atoms with E-state index in [0.29, 0.717) is 10.7 Å². The van der Waals surface area contributed by atoms with Crippen LogP contribution < -0.4 is 5.32 Å². The summed E-state index contributed by atoms with van der Waals surface area (Å²) in [6.45, 7) is 1.51. The average molecular weight is 409 g/mol. The van der Waals surface area contributed by atoms with Crippen LogP contribution in [0.4, 0.5) is 5.69 Å². The monoisotopic (exact) mass is 407 g/mol. The van der Waals surface area contributed by atoms with Crippen LogP contribution in [0.1, 0.15) is 12.5 Å². The first kappa shape index (κ1) is 18.2. The third-order valence-electron chi connectivity index (χ3n) is 3.04. The zero-order valence-electron chi connectivity index (χ0n) is 12.8. The molecule has 0 saturated heterocycles. The molecule has 2 aromatic carbocycles. The van der Waals surface area contributed by atoms with Crippen LogP contribution in [0.2, 0.25) is 5.02 Å². The number of esters is 1. The predicted octanol–water partition coefficient (Wildman–Crippen LogP) is 4.69. The second-order valence-corrected chi connectivity index (χ2v) is 6.32. The van der Waals surface area contributed by atoms with E-state index in [9.17, 15) is 9.59 Å². The summed E-state index contributed by atoms with van der Waals surface area (Å²) in [6.07, 6.45) is 1.98. The molecule has 0 aromatic heterocycles. The number of benzene rings is 2. The predicted molar refractivity (Wildman–Crippen MR) is 98.8 cm³/mol. The first-order valence-corrected chi connectivity index (χ1v) is 8.32. The number of hydrogen-bond donors (Lipinski definition) is 1. The molecule has 0 bridgehead atoms. The van der Waals surface area contributed by atoms with E-state index in [1.165, 1.54) is 13.0 Å². The fourth-order valence-electron chi connectivity index (χ4n) is 1.82. The van der Waals surface area contributed by atoms with Crippen LogP contribution in [0.5, 0.6) is 0 Å². The molecule has 0 heterocycles. The van der Waals surface area contributed by atoms with Crippen LogP contribution in [0.3, 0.4) is 0 Å². The Balaban J connectivity index is 1.88. The highest BCUT2D eigenvalue weighted by Gasteiger charge is 2.16. The summed E-state index contributed by atoms with van der Waals surface area (Å²) in [5, 5.41) is 3.15. The van der Waals surface area contributed by atoms with Crippen molar-refractivity contribution in [3.05, 3.63) is 69.7 Å². The maximum atomic E-state index is 12.0. The average Bonchev–Trinajstić information content (AvgIpc) is 2.54. The van der Waals surface area contributed by atoms with E-state index in [2.05, 4.69) is 21.2 Å². The SMILES string of the molecule is C[C@@H](OC(=O)/C=C/c1ccc(Br)cc1)C(=O)Nc1cccc(Cl)c1. The number of carbonyl (C=O) groups is 2. The van der Waals surface area contributed by atoms with Crippen LogP contribution in [-0.2, 0) is 14.3 Å². The minimum absolute atomic E-state index is 0.428. The van der Waals surface area contributed by atoms with E-state index in [1.807, 2.05) is 24.3 Å². The van der Waals surface area contributed by atoms with Crippen molar-refractivity contribution < 1.29 is 14.3 Å². The Morgan fingerprint density at radius 2 is 1.92 bits per heavy atom. The largest absolute Gasteiger partial charge is 0.449 e. The Morgan fingerprint density at radius 3 is 2.58 bits per heavy atom. The smallest absolute Gasteiger partial charge is 0.331 e. The Morgan fingerprint density at radius 1 is 1.21 bits per heavy atom. The highest BCUT2D eigenvalue weighted by Crippen LogP contribution is 2.15. The number of carbonyl (C=O) groups excluding carboxylic acids is 2. The normalized spacial score (nSPS) is 12.0. The van der Waals surface area contributed by atoms with Gasteiger partial charge in [-0.15, -0.1) is 0 Å². The maximum absolute atomic E-state index is 12.0. The molecule has 0 unspecified atom stereocenters. The molecule has 0 aliphatic carbocycles. The lowest BCUT2D eigenvalue weighted by Crippen LogP contribution is -2.29. The van der Waals surface area contributed by atoms with Gasteiger partial charge in [0, 0.05) is 21.3 Å². The molecule has 1 atom stereocenters. The van der Waals surface area contributed by atoms with Gasteiger partial charge in [0.25, 0.3) is 5.91 Å². The molecule has 0 fully saturated rings. The van der Waals surface area contributed by atoms with Crippen molar-refractivity contribution in [2.24, 2.45) is 0 Å². The number of rotatable bonds is 5. The van der Waals surface area contributed by atoms with Gasteiger partial charge < -0.3 is 10.1 Å². The molecule has 6 heteroatoms. The fourth-order valence-corrected chi connectivity index (χ4v) is 2.27. The number of halogens is 2. The molecule has 4 nitrogen and oxygen atoms in total. The molecule has 2 rings (SSSR count). The zero-order chi connectivity index (χ0) is 17.5. The number of anilines is 1. The van der Waals surface area contributed by atoms with Gasteiger partial charge in [-0.05, 0) is 48.9 Å². The van der Waals surface area contributed by atoms with E-state index in [-0.39, 0.29) is 0 Å². The van der Waals surface area contributed by atoms with Gasteiger partial charge in [0.15, 0.2) is 6.10 Å². The van der Waals surface area contributed by atoms with Crippen LogP contribution in [-0.4, -0.2) is 18.0 Å². The Kier molecular flexibility index (Phi) is 6.58. The summed E-state index contributed by atoms with van der Waals surface area (Å²) in [5.74, 6) is -1.02. The van der Waals surface area contributed by atoms with Gasteiger partial charge in [0.05, 0.1) is 0 Å². The number of nitrogens with one attached hydrogen (secondary N) is 1. The van der Waals surface area contributed by atoms with Gasteiger partial charge >= 0.3 is 5.97 Å². The third-order valence-corrected chi connectivity index (χ3v) is 3.80. The summed E-state index contributed by atoms with van der Waals surface area (Å²) in [7, 11) is 0. The lowest BCUT2D eigenvalue weighted by molar-refractivity contribution is -0.148. The van der Waals surface area contributed by atoms with E-state index >= 15 is 0 Å². The van der Waals surface area contributed by atoms with Gasteiger partial charge in [-0.1, -0.05) is 45.7 Å². The lowest BCUT2D eigenvalue weighted by atomic mass is 10.2. The van der Waals surface area contributed by atoms with Crippen LogP contribution in [0.25, 0.3) is 6.08 Å². The van der Waals surface area contributed by atoms with Crippen LogP contribution in [0.15, 0.2) is 59.1 Å². The standard InChI is InChI=1S/C18H15BrClNO3/c1-12(18(23)21-16-4-2-3-15(20)11-16)24-17(22)10-7-13-5-8-14(19)9-6-13/h2-12H,1H3,(H,21,23)/b10-7+/t12-/m1/s1. The van der Waals surface area contributed by atoms with Crippen LogP contribution >= 0.6 is 27.5 Å². The summed E-state index contributed by atoms with van der Waals surface area (Å²) < 4.78 is 6.03. The Hall–Kier alpha value is -2.11. The van der Waals surface area contributed by atoms with Crippen molar-refractivity contribution in [3.63, 3.8) is 0 Å². The topological polar surface area (TPSA) is 55.4 Å². The molecule has 124 valence electrons. The molecule has 0 aliphatic heterocycles. The van der Waals surface area contributed by atoms with Gasteiger partial charge in [-0.25, -0.2) is 4.79 Å². The van der Waals surface area contributed by atoms with Crippen molar-refractivity contribution >= 4 is 51.2 Å². The molecule has 1 N–H and O–H groups in total. The lowest BCUT2D eigenvalue weighted by Gasteiger charge is -2.12. The van der Waals surface area contributed by atoms with Gasteiger partial charge in [-0.2, -0.15) is 0 Å². The van der Waals surface area contributed by atoms with E-state index < -0.39 is 18.0 Å². The molecule has 0 aliphatic rings. The summed E-state index contributed by atoms with van der Waals surface area (Å²) >= 11 is 9.19. The van der Waals surface area contributed by atoms with Crippen molar-refractivity contribution in [2.45, 2.75) is 13.0 Å². The molecule has 0 saturated carbocycles. The Labute approximate surface area is 153 Å². The van der Waals surface area contributed by atoms with E-state index in [1.54, 1.807) is 30.3 Å². The van der Waals surface area contributed by atoms with Crippen molar-refractivity contribution in [1.29, 1.82) is 0 Å². The van der Waals surface area contributed by atoms with Gasteiger partial charge in [0.1, 0.15) is 0 Å². The highest BCUT2D eigenvalue weighted by molar-refractivity contribution is 9.10. The molecular weight excluding hydrogens is 394 g/mol. The minimum Gasteiger partial charge on any atom is -0.449 e. The first-order valence-electron chi connectivity index (χ1n) is 7.15. The van der Waals surface area contributed by atoms with E-state index in [0.717, 1.165) is 10.0 Å². The number of hydrogen-bond acceptors (Lipinski definition) is 3. The van der Waals surface area contributed by atoms with Crippen molar-refractivity contribution in [2.75, 3.05) is 5.32 Å². The molecule has 2 aromatic rings. The van der Waals surface area contributed by atoms with Gasteiger partial charge in [-0.3, -0.25) is 4.79 Å². The molecule has 24 heavy (non-hydrogen) atoms. The Bertz CT molecular complexity index is 759. The summed E-state index contributed by atoms with van der Waals surface area (Å²) in [6, 6.07) is 14.2. The number of ether oxygens (including phenoxy) is 1. The summed E-state index contributed by atoms with van der Waals surface area (Å²) in [4.78, 5) is 23.8. The maximum Gasteiger partial charge on any atom is 0.331 e. The van der Waals surface area contributed by atoms with E-state index in [4.69, 9.17) is 16.3 Å². The second kappa shape index (κ2) is 8.66. The third kappa shape index (κ3) is 5.83. The molecular formula is C18H15BrClNO3. The van der Waals surface area contributed by atoms with Crippen molar-refractivity contribution in [1.82, 2.24) is 0 Å². The highest BCUT2D eigenvalue weighted by atomic mass is 79.9. The minimum atomic E-state index is -0.925. The molecule has 1 amide bonds. The quantitative estimate of drug-likeness (QED) is 0.577. The van der Waals surface area contributed by atoms with Crippen LogP contribution in [0, 0.1) is 0 Å². The first-order chi connectivity index (χ1) is 11.4. The van der Waals surface area contributed by atoms with Crippen molar-refractivity contribution in [3.8, 4) is 0 Å². The second-order valence-electron chi connectivity index (χ2n) is 4.96. The fraction of sp³-hybridized carbons (Fsp3) is 0.111. The number of amides is 1.